The summed E-state index contributed by atoms with van der Waals surface area (Å²) in [5, 5.41) is 43.5. The number of methoxy groups -OCH3 is 2. The van der Waals surface area contributed by atoms with E-state index in [1.54, 1.807) is 30.3 Å². The number of hydrogen-bond acceptors (Lipinski definition) is 9. The van der Waals surface area contributed by atoms with E-state index in [1.165, 1.54) is 38.5 Å². The number of ketones is 2. The number of fused-ring (bicyclic) bond motifs is 3. The molecule has 6 rings (SSSR count). The number of carbonyl (C=O) groups excluding carboxylic acids is 2. The van der Waals surface area contributed by atoms with Crippen LogP contribution in [0.25, 0.3) is 6.08 Å². The minimum Gasteiger partial charge on any atom is -0.508 e. The summed E-state index contributed by atoms with van der Waals surface area (Å²) < 4.78 is 10.5. The van der Waals surface area contributed by atoms with Crippen LogP contribution in [0, 0.1) is 17.8 Å². The predicted molar refractivity (Wildman–Crippen MR) is 164 cm³/mol. The highest BCUT2D eigenvalue weighted by Crippen LogP contribution is 2.60. The van der Waals surface area contributed by atoms with E-state index in [1.807, 2.05) is 24.3 Å². The number of aromatic hydroxyl groups is 2. The lowest BCUT2D eigenvalue weighted by molar-refractivity contribution is -0.135. The van der Waals surface area contributed by atoms with Gasteiger partial charge in [-0.25, -0.2) is 0 Å². The maximum atomic E-state index is 14.6. The summed E-state index contributed by atoms with van der Waals surface area (Å²) in [6.45, 7) is 0.548. The molecule has 1 saturated carbocycles. The van der Waals surface area contributed by atoms with Crippen molar-refractivity contribution in [1.29, 1.82) is 0 Å². The zero-order valence-electron chi connectivity index (χ0n) is 24.7. The van der Waals surface area contributed by atoms with Crippen LogP contribution < -0.4 is 9.47 Å². The fraction of sp³-hybridized carbons (Fsp3) is 0.371. The fourth-order valence-electron chi connectivity index (χ4n) is 7.99. The van der Waals surface area contributed by atoms with Crippen molar-refractivity contribution in [2.24, 2.45) is 17.8 Å². The summed E-state index contributed by atoms with van der Waals surface area (Å²) in [4.78, 5) is 30.9. The van der Waals surface area contributed by atoms with Gasteiger partial charge in [0.2, 0.25) is 0 Å². The molecule has 7 unspecified atom stereocenters. The molecule has 0 bridgehead atoms. The first-order valence-corrected chi connectivity index (χ1v) is 14.9. The Morgan fingerprint density at radius 1 is 1.00 bits per heavy atom. The van der Waals surface area contributed by atoms with Gasteiger partial charge < -0.3 is 29.9 Å². The Hall–Kier alpha value is -4.34. The second kappa shape index (κ2) is 11.6. The molecule has 2 aliphatic carbocycles. The number of Topliss-reactive ketones (excluding diaryl/α,β-unsaturated/α-hetero) is 1. The summed E-state index contributed by atoms with van der Waals surface area (Å²) in [7, 11) is 2.89. The molecular formula is C35H37NO8. The Morgan fingerprint density at radius 3 is 2.50 bits per heavy atom. The monoisotopic (exact) mass is 599 g/mol. The number of carbonyl (C=O) groups is 2. The number of aliphatic hydroxyl groups excluding tert-OH is 2. The number of benzene rings is 2. The molecule has 2 heterocycles. The van der Waals surface area contributed by atoms with Crippen LogP contribution in [-0.4, -0.2) is 75.3 Å². The first-order valence-electron chi connectivity index (χ1n) is 14.9. The molecular weight excluding hydrogens is 562 g/mol. The van der Waals surface area contributed by atoms with Gasteiger partial charge in [-0.15, -0.1) is 0 Å². The molecule has 3 fully saturated rings. The zero-order valence-corrected chi connectivity index (χ0v) is 24.7. The summed E-state index contributed by atoms with van der Waals surface area (Å²) in [5.74, 6) is -2.88. The van der Waals surface area contributed by atoms with E-state index in [0.29, 0.717) is 29.8 Å². The second-order valence-electron chi connectivity index (χ2n) is 11.9. The summed E-state index contributed by atoms with van der Waals surface area (Å²) in [5.41, 5.74) is -0.197. The number of piperidine rings is 1. The SMILES string of the molecule is COc1ccc(/C=C/C(O)=C/C(=O)C2C3CCCCN3C3(C(=O)C4C=CC=CC4C3O)C2c2ccc(O)c(OC)c2)cc1O. The van der Waals surface area contributed by atoms with Crippen molar-refractivity contribution in [2.75, 3.05) is 20.8 Å². The van der Waals surface area contributed by atoms with E-state index < -0.39 is 35.3 Å². The molecule has 44 heavy (non-hydrogen) atoms. The Kier molecular flexibility index (Phi) is 7.86. The number of hydrogen-bond donors (Lipinski definition) is 4. The van der Waals surface area contributed by atoms with Crippen LogP contribution in [0.2, 0.25) is 0 Å². The third-order valence-electron chi connectivity index (χ3n) is 9.79. The van der Waals surface area contributed by atoms with Crippen LogP contribution in [0.3, 0.4) is 0 Å². The van der Waals surface area contributed by atoms with E-state index in [2.05, 4.69) is 4.90 Å². The van der Waals surface area contributed by atoms with Crippen LogP contribution in [0.1, 0.15) is 36.3 Å². The Morgan fingerprint density at radius 2 is 1.77 bits per heavy atom. The van der Waals surface area contributed by atoms with Crippen LogP contribution in [0.15, 0.2) is 78.6 Å². The van der Waals surface area contributed by atoms with Gasteiger partial charge in [0.15, 0.2) is 34.6 Å². The molecule has 4 N–H and O–H groups in total. The predicted octanol–water partition coefficient (Wildman–Crippen LogP) is 4.45. The third kappa shape index (κ3) is 4.62. The molecule has 7 atom stereocenters. The highest BCUT2D eigenvalue weighted by atomic mass is 16.5. The maximum absolute atomic E-state index is 14.6. The maximum Gasteiger partial charge on any atom is 0.164 e. The molecule has 4 aliphatic rings. The molecule has 2 aromatic carbocycles. The Labute approximate surface area is 256 Å². The number of ether oxygens (including phenoxy) is 2. The molecule has 9 nitrogen and oxygen atoms in total. The lowest BCUT2D eigenvalue weighted by atomic mass is 9.69. The third-order valence-corrected chi connectivity index (χ3v) is 9.79. The number of rotatable bonds is 7. The van der Waals surface area contributed by atoms with Crippen molar-refractivity contribution in [3.05, 3.63) is 89.7 Å². The van der Waals surface area contributed by atoms with Crippen molar-refractivity contribution < 1.29 is 39.5 Å². The quantitative estimate of drug-likeness (QED) is 0.207. The van der Waals surface area contributed by atoms with Crippen molar-refractivity contribution in [2.45, 2.75) is 42.9 Å². The normalized spacial score (nSPS) is 31.4. The van der Waals surface area contributed by atoms with E-state index in [-0.39, 0.29) is 40.6 Å². The topological polar surface area (TPSA) is 137 Å². The van der Waals surface area contributed by atoms with E-state index >= 15 is 0 Å². The van der Waals surface area contributed by atoms with Crippen LogP contribution in [0.4, 0.5) is 0 Å². The minimum atomic E-state index is -1.39. The highest BCUT2D eigenvalue weighted by molar-refractivity contribution is 6.01. The fourth-order valence-corrected chi connectivity index (χ4v) is 7.99. The van der Waals surface area contributed by atoms with Gasteiger partial charge in [0.25, 0.3) is 0 Å². The Balaban J connectivity index is 1.45. The van der Waals surface area contributed by atoms with Crippen molar-refractivity contribution in [3.63, 3.8) is 0 Å². The highest BCUT2D eigenvalue weighted by Gasteiger charge is 2.72. The number of phenolic OH excluding ortho intramolecular Hbond substituents is 2. The van der Waals surface area contributed by atoms with Gasteiger partial charge in [0, 0.05) is 35.8 Å². The van der Waals surface area contributed by atoms with Crippen molar-refractivity contribution in [3.8, 4) is 23.0 Å². The number of allylic oxidation sites excluding steroid dienone is 5. The summed E-state index contributed by atoms with van der Waals surface area (Å²) >= 11 is 0. The molecule has 0 amide bonds. The number of phenols is 2. The van der Waals surface area contributed by atoms with Gasteiger partial charge in [-0.2, -0.15) is 0 Å². The molecule has 2 aromatic rings. The first-order chi connectivity index (χ1) is 21.2. The van der Waals surface area contributed by atoms with Gasteiger partial charge in [-0.3, -0.25) is 14.5 Å². The Bertz CT molecular complexity index is 1590. The molecule has 2 aliphatic heterocycles. The molecule has 1 spiro atoms. The van der Waals surface area contributed by atoms with Crippen molar-refractivity contribution >= 4 is 17.6 Å². The molecule has 0 radical (unpaired) electrons. The number of nitrogens with zero attached hydrogens (tertiary/aromatic N) is 1. The van der Waals surface area contributed by atoms with Gasteiger partial charge >= 0.3 is 0 Å². The van der Waals surface area contributed by atoms with Gasteiger partial charge in [-0.05, 0) is 60.9 Å². The zero-order chi connectivity index (χ0) is 31.2. The molecule has 2 saturated heterocycles. The largest absolute Gasteiger partial charge is 0.508 e. The summed E-state index contributed by atoms with van der Waals surface area (Å²) in [6, 6.07) is 9.26. The van der Waals surface area contributed by atoms with Gasteiger partial charge in [0.1, 0.15) is 11.3 Å². The van der Waals surface area contributed by atoms with Crippen molar-refractivity contribution in [1.82, 2.24) is 4.90 Å². The lowest BCUT2D eigenvalue weighted by Crippen LogP contribution is -2.61. The van der Waals surface area contributed by atoms with E-state index in [4.69, 9.17) is 9.47 Å². The molecule has 230 valence electrons. The summed E-state index contributed by atoms with van der Waals surface area (Å²) in [6.07, 6.45) is 12.8. The lowest BCUT2D eigenvalue weighted by Gasteiger charge is -2.44. The second-order valence-corrected chi connectivity index (χ2v) is 11.9. The first kappa shape index (κ1) is 29.7. The van der Waals surface area contributed by atoms with Crippen LogP contribution in [0.5, 0.6) is 23.0 Å². The average molecular weight is 600 g/mol. The molecule has 0 aromatic heterocycles. The smallest absolute Gasteiger partial charge is 0.164 e. The van der Waals surface area contributed by atoms with Gasteiger partial charge in [-0.1, -0.05) is 48.9 Å². The number of aliphatic hydroxyl groups is 2. The standard InChI is InChI=1S/C35H37NO8/c1-43-29-15-11-20(17-27(29)39)10-13-22(37)19-28(40)31-25-9-5-6-16-36(25)35(32(31)21-12-14-26(38)30(18-21)44-2)33(41)23-7-3-4-8-24(23)34(35)42/h3-4,7-8,10-15,17-19,23-25,31-33,37-39,41H,5-6,9,16H2,1-2H3/b13-10+,22-19-. The average Bonchev–Trinajstić information content (AvgIpc) is 3.46. The van der Waals surface area contributed by atoms with Gasteiger partial charge in [0.05, 0.1) is 20.3 Å². The van der Waals surface area contributed by atoms with E-state index in [9.17, 15) is 30.0 Å². The van der Waals surface area contributed by atoms with Crippen LogP contribution >= 0.6 is 0 Å². The van der Waals surface area contributed by atoms with Crippen LogP contribution in [-0.2, 0) is 9.59 Å². The van der Waals surface area contributed by atoms with E-state index in [0.717, 1.165) is 12.8 Å². The molecule has 9 heteroatoms. The minimum absolute atomic E-state index is 0.0555.